The first-order chi connectivity index (χ1) is 7.29. The summed E-state index contributed by atoms with van der Waals surface area (Å²) in [5.74, 6) is 0.936. The third-order valence-electron chi connectivity index (χ3n) is 1.69. The number of nitrogens with zero attached hydrogens (tertiary/aromatic N) is 3. The van der Waals surface area contributed by atoms with Gasteiger partial charge < -0.3 is 9.26 Å². The second-order valence-electron chi connectivity index (χ2n) is 2.81. The van der Waals surface area contributed by atoms with Crippen molar-refractivity contribution >= 4 is 22.6 Å². The van der Waals surface area contributed by atoms with Gasteiger partial charge in [-0.15, -0.1) is 0 Å². The molecule has 0 aliphatic rings. The molecule has 5 nitrogen and oxygen atoms in total. The fourth-order valence-electron chi connectivity index (χ4n) is 1.05. The smallest absolute Gasteiger partial charge is 0.252 e. The number of ether oxygens (including phenoxy) is 1. The lowest BCUT2D eigenvalue weighted by atomic mass is 10.3. The van der Waals surface area contributed by atoms with Crippen molar-refractivity contribution in [3.8, 4) is 11.5 Å². The summed E-state index contributed by atoms with van der Waals surface area (Å²) in [4.78, 5) is 8.32. The maximum Gasteiger partial charge on any atom is 0.252 e. The minimum atomic E-state index is 0.317. The summed E-state index contributed by atoms with van der Waals surface area (Å²) in [5, 5.41) is 3.80. The minimum absolute atomic E-state index is 0.317. The van der Waals surface area contributed by atoms with Gasteiger partial charge in [-0.1, -0.05) is 5.16 Å². The van der Waals surface area contributed by atoms with Gasteiger partial charge in [-0.25, -0.2) is 0 Å². The van der Waals surface area contributed by atoms with E-state index in [2.05, 4.69) is 37.7 Å². The fraction of sp³-hybridized carbons (Fsp3) is 0.222. The van der Waals surface area contributed by atoms with Crippen molar-refractivity contribution < 1.29 is 9.26 Å². The van der Waals surface area contributed by atoms with Crippen LogP contribution in [0.1, 0.15) is 5.89 Å². The summed E-state index contributed by atoms with van der Waals surface area (Å²) in [5.41, 5.74) is 0.696. The fourth-order valence-corrected chi connectivity index (χ4v) is 1.37. The average molecular weight is 317 g/mol. The molecule has 0 aliphatic heterocycles. The van der Waals surface area contributed by atoms with Gasteiger partial charge in [0.15, 0.2) is 0 Å². The summed E-state index contributed by atoms with van der Waals surface area (Å²) in [6.07, 6.45) is 1.75. The normalized spacial score (nSPS) is 10.5. The van der Waals surface area contributed by atoms with Crippen LogP contribution < -0.4 is 0 Å². The summed E-state index contributed by atoms with van der Waals surface area (Å²) < 4.78 is 10.9. The number of hydrogen-bond donors (Lipinski definition) is 0. The van der Waals surface area contributed by atoms with E-state index < -0.39 is 0 Å². The lowest BCUT2D eigenvalue weighted by molar-refractivity contribution is 0.151. The lowest BCUT2D eigenvalue weighted by Crippen LogP contribution is -1.88. The number of pyridine rings is 1. The van der Waals surface area contributed by atoms with Crippen LogP contribution in [0.3, 0.4) is 0 Å². The Kier molecular flexibility index (Phi) is 3.27. The number of halogens is 1. The molecule has 0 saturated heterocycles. The summed E-state index contributed by atoms with van der Waals surface area (Å²) in [7, 11) is 1.58. The van der Waals surface area contributed by atoms with Crippen molar-refractivity contribution in [1.29, 1.82) is 0 Å². The third kappa shape index (κ3) is 2.51. The van der Waals surface area contributed by atoms with Gasteiger partial charge in [-0.2, -0.15) is 4.98 Å². The Balaban J connectivity index is 2.25. The largest absolute Gasteiger partial charge is 0.375 e. The van der Waals surface area contributed by atoms with Crippen LogP contribution in [0, 0.1) is 3.57 Å². The van der Waals surface area contributed by atoms with E-state index in [-0.39, 0.29) is 0 Å². The van der Waals surface area contributed by atoms with E-state index in [1.54, 1.807) is 13.3 Å². The highest BCUT2D eigenvalue weighted by molar-refractivity contribution is 14.1. The van der Waals surface area contributed by atoms with Crippen LogP contribution in [0.4, 0.5) is 0 Å². The van der Waals surface area contributed by atoms with E-state index in [1.165, 1.54) is 0 Å². The van der Waals surface area contributed by atoms with Gasteiger partial charge >= 0.3 is 0 Å². The molecule has 0 fully saturated rings. The molecular weight excluding hydrogens is 309 g/mol. The third-order valence-corrected chi connectivity index (χ3v) is 2.33. The van der Waals surface area contributed by atoms with Gasteiger partial charge in [-0.05, 0) is 34.7 Å². The summed E-state index contributed by atoms with van der Waals surface area (Å²) in [6.45, 7) is 0.317. The molecule has 6 heteroatoms. The van der Waals surface area contributed by atoms with Crippen LogP contribution in [0.5, 0.6) is 0 Å². The zero-order valence-electron chi connectivity index (χ0n) is 7.98. The van der Waals surface area contributed by atoms with Gasteiger partial charge in [0.2, 0.25) is 5.82 Å². The zero-order chi connectivity index (χ0) is 10.7. The molecule has 2 aromatic heterocycles. The molecule has 0 saturated carbocycles. The monoisotopic (exact) mass is 317 g/mol. The number of rotatable bonds is 3. The molecule has 2 heterocycles. The van der Waals surface area contributed by atoms with Gasteiger partial charge in [0.25, 0.3) is 5.89 Å². The molecule has 2 aromatic rings. The van der Waals surface area contributed by atoms with Crippen LogP contribution in [-0.2, 0) is 11.3 Å². The first-order valence-corrected chi connectivity index (χ1v) is 5.31. The maximum absolute atomic E-state index is 4.96. The predicted molar refractivity (Wildman–Crippen MR) is 61.0 cm³/mol. The molecule has 0 aliphatic carbocycles. The highest BCUT2D eigenvalue weighted by atomic mass is 127. The zero-order valence-corrected chi connectivity index (χ0v) is 10.1. The number of methoxy groups -OCH3 is 1. The molecule has 0 atom stereocenters. The van der Waals surface area contributed by atoms with E-state index in [9.17, 15) is 0 Å². The van der Waals surface area contributed by atoms with Crippen LogP contribution in [0.2, 0.25) is 0 Å². The van der Waals surface area contributed by atoms with Crippen molar-refractivity contribution in [2.24, 2.45) is 0 Å². The van der Waals surface area contributed by atoms with E-state index in [4.69, 9.17) is 9.26 Å². The lowest BCUT2D eigenvalue weighted by Gasteiger charge is -1.92. The molecule has 0 N–H and O–H groups in total. The van der Waals surface area contributed by atoms with Crippen LogP contribution >= 0.6 is 22.6 Å². The number of hydrogen-bond acceptors (Lipinski definition) is 5. The van der Waals surface area contributed by atoms with Gasteiger partial charge in [0.1, 0.15) is 12.3 Å². The molecule has 2 rings (SSSR count). The maximum atomic E-state index is 4.96. The van der Waals surface area contributed by atoms with Crippen LogP contribution in [0.25, 0.3) is 11.5 Å². The van der Waals surface area contributed by atoms with Gasteiger partial charge in [0, 0.05) is 16.9 Å². The SMILES string of the molecule is COCc1nc(-c2ccc(I)cn2)no1. The second-order valence-corrected chi connectivity index (χ2v) is 4.05. The van der Waals surface area contributed by atoms with Crippen molar-refractivity contribution in [3.63, 3.8) is 0 Å². The quantitative estimate of drug-likeness (QED) is 0.809. The average Bonchev–Trinajstić information content (AvgIpc) is 2.68. The Labute approximate surface area is 100.0 Å². The summed E-state index contributed by atoms with van der Waals surface area (Å²) in [6, 6.07) is 3.79. The highest BCUT2D eigenvalue weighted by Crippen LogP contribution is 2.14. The minimum Gasteiger partial charge on any atom is -0.375 e. The Morgan fingerprint density at radius 3 is 3.00 bits per heavy atom. The van der Waals surface area contributed by atoms with Crippen molar-refractivity contribution in [1.82, 2.24) is 15.1 Å². The Hall–Kier alpha value is -1.02. The van der Waals surface area contributed by atoms with Crippen LogP contribution in [0.15, 0.2) is 22.9 Å². The molecule has 0 radical (unpaired) electrons. The molecular formula is C9H8IN3O2. The van der Waals surface area contributed by atoms with Crippen molar-refractivity contribution in [2.75, 3.05) is 7.11 Å². The van der Waals surface area contributed by atoms with Gasteiger partial charge in [0.05, 0.1) is 0 Å². The summed E-state index contributed by atoms with van der Waals surface area (Å²) >= 11 is 2.19. The Morgan fingerprint density at radius 2 is 2.33 bits per heavy atom. The molecule has 78 valence electrons. The Morgan fingerprint density at radius 1 is 1.47 bits per heavy atom. The molecule has 0 aromatic carbocycles. The van der Waals surface area contributed by atoms with Crippen molar-refractivity contribution in [3.05, 3.63) is 27.8 Å². The first-order valence-electron chi connectivity index (χ1n) is 4.23. The van der Waals surface area contributed by atoms with Gasteiger partial charge in [-0.3, -0.25) is 4.98 Å². The molecule has 0 bridgehead atoms. The predicted octanol–water partition coefficient (Wildman–Crippen LogP) is 1.88. The molecule has 0 spiro atoms. The van der Waals surface area contributed by atoms with E-state index >= 15 is 0 Å². The molecule has 0 amide bonds. The van der Waals surface area contributed by atoms with E-state index in [1.807, 2.05) is 12.1 Å². The number of aromatic nitrogens is 3. The topological polar surface area (TPSA) is 61.0 Å². The van der Waals surface area contributed by atoms with Crippen LogP contribution in [-0.4, -0.2) is 22.2 Å². The molecule has 0 unspecified atom stereocenters. The first kappa shape index (κ1) is 10.5. The van der Waals surface area contributed by atoms with Crippen molar-refractivity contribution in [2.45, 2.75) is 6.61 Å². The van der Waals surface area contributed by atoms with E-state index in [0.29, 0.717) is 24.0 Å². The van der Waals surface area contributed by atoms with E-state index in [0.717, 1.165) is 3.57 Å². The molecule has 15 heavy (non-hydrogen) atoms. The highest BCUT2D eigenvalue weighted by Gasteiger charge is 2.08. The Bertz CT molecular complexity index is 441. The second kappa shape index (κ2) is 4.67. The standard InChI is InChI=1S/C9H8IN3O2/c1-14-5-8-12-9(13-15-8)7-3-2-6(10)4-11-7/h2-4H,5H2,1H3.